The summed E-state index contributed by atoms with van der Waals surface area (Å²) in [6.45, 7) is 1.63. The number of methoxy groups -OCH3 is 2. The molecule has 0 unspecified atom stereocenters. The lowest BCUT2D eigenvalue weighted by atomic mass is 10.1. The van der Waals surface area contributed by atoms with E-state index >= 15 is 0 Å². The zero-order valence-electron chi connectivity index (χ0n) is 17.0. The van der Waals surface area contributed by atoms with Gasteiger partial charge in [0.2, 0.25) is 0 Å². The first-order valence-corrected chi connectivity index (χ1v) is 9.50. The molecule has 0 radical (unpaired) electrons. The number of carbonyl (C=O) groups is 2. The Labute approximate surface area is 183 Å². The molecule has 3 N–H and O–H groups in total. The standard InChI is InChI=1S/C21H20N4O5S/c1-12-17(18(25-30-12)13-7-5-4-6-8-13)20(27)23-24-21(31)22-19(26)14-9-10-15(28-2)16(11-14)29-3/h4-11H,1-3H3,(H,23,27)(H2,22,24,26,31). The van der Waals surface area contributed by atoms with E-state index < -0.39 is 11.8 Å². The number of benzene rings is 2. The number of hydrogen-bond donors (Lipinski definition) is 3. The zero-order valence-corrected chi connectivity index (χ0v) is 17.8. The zero-order chi connectivity index (χ0) is 22.4. The lowest BCUT2D eigenvalue weighted by Crippen LogP contribution is -2.48. The van der Waals surface area contributed by atoms with E-state index in [1.54, 1.807) is 19.1 Å². The summed E-state index contributed by atoms with van der Waals surface area (Å²) in [5, 5.41) is 6.35. The Bertz CT molecular complexity index is 1110. The van der Waals surface area contributed by atoms with Crippen LogP contribution in [-0.2, 0) is 0 Å². The van der Waals surface area contributed by atoms with Crippen molar-refractivity contribution < 1.29 is 23.6 Å². The van der Waals surface area contributed by atoms with Gasteiger partial charge in [-0.05, 0) is 37.3 Å². The highest BCUT2D eigenvalue weighted by Crippen LogP contribution is 2.27. The molecule has 0 aliphatic rings. The van der Waals surface area contributed by atoms with Crippen molar-refractivity contribution in [3.63, 3.8) is 0 Å². The Morgan fingerprint density at radius 2 is 1.68 bits per heavy atom. The molecule has 9 nitrogen and oxygen atoms in total. The quantitative estimate of drug-likeness (QED) is 0.410. The number of hydrogen-bond acceptors (Lipinski definition) is 7. The normalized spacial score (nSPS) is 10.2. The molecule has 2 amide bonds. The van der Waals surface area contributed by atoms with Crippen LogP contribution in [0.3, 0.4) is 0 Å². The van der Waals surface area contributed by atoms with Gasteiger partial charge < -0.3 is 14.0 Å². The summed E-state index contributed by atoms with van der Waals surface area (Å²) in [5.41, 5.74) is 6.64. The number of nitrogens with zero attached hydrogens (tertiary/aromatic N) is 1. The van der Waals surface area contributed by atoms with Crippen molar-refractivity contribution in [1.82, 2.24) is 21.3 Å². The van der Waals surface area contributed by atoms with Crippen molar-refractivity contribution in [3.05, 3.63) is 65.4 Å². The highest BCUT2D eigenvalue weighted by Gasteiger charge is 2.22. The number of aryl methyl sites for hydroxylation is 1. The Morgan fingerprint density at radius 1 is 0.968 bits per heavy atom. The van der Waals surface area contributed by atoms with Crippen LogP contribution in [0.4, 0.5) is 0 Å². The van der Waals surface area contributed by atoms with Gasteiger partial charge in [0.1, 0.15) is 17.0 Å². The summed E-state index contributed by atoms with van der Waals surface area (Å²) < 4.78 is 15.5. The molecule has 1 heterocycles. The average Bonchev–Trinajstić information content (AvgIpc) is 3.18. The van der Waals surface area contributed by atoms with Crippen molar-refractivity contribution in [2.24, 2.45) is 0 Å². The minimum Gasteiger partial charge on any atom is -0.493 e. The van der Waals surface area contributed by atoms with Crippen LogP contribution < -0.4 is 25.6 Å². The number of rotatable bonds is 5. The fraction of sp³-hybridized carbons (Fsp3) is 0.143. The molecule has 3 aromatic rings. The number of hydrazine groups is 1. The minimum atomic E-state index is -0.514. The highest BCUT2D eigenvalue weighted by atomic mass is 32.1. The first-order chi connectivity index (χ1) is 14.9. The van der Waals surface area contributed by atoms with Gasteiger partial charge in [-0.15, -0.1) is 0 Å². The maximum Gasteiger partial charge on any atom is 0.275 e. The van der Waals surface area contributed by atoms with Crippen molar-refractivity contribution in [3.8, 4) is 22.8 Å². The third-order valence-corrected chi connectivity index (χ3v) is 4.50. The number of ether oxygens (including phenoxy) is 2. The van der Waals surface area contributed by atoms with Gasteiger partial charge in [-0.3, -0.25) is 25.8 Å². The molecule has 0 saturated heterocycles. The van der Waals surface area contributed by atoms with Gasteiger partial charge in [-0.25, -0.2) is 0 Å². The highest BCUT2D eigenvalue weighted by molar-refractivity contribution is 7.80. The molecule has 10 heteroatoms. The van der Waals surface area contributed by atoms with E-state index in [0.717, 1.165) is 5.56 Å². The topological polar surface area (TPSA) is 115 Å². The summed E-state index contributed by atoms with van der Waals surface area (Å²) in [4.78, 5) is 25.1. The van der Waals surface area contributed by atoms with Crippen LogP contribution in [0.15, 0.2) is 53.1 Å². The van der Waals surface area contributed by atoms with Gasteiger partial charge in [-0.1, -0.05) is 35.5 Å². The van der Waals surface area contributed by atoms with Gasteiger partial charge in [0.25, 0.3) is 11.8 Å². The molecule has 1 aromatic heterocycles. The number of nitrogens with one attached hydrogen (secondary N) is 3. The van der Waals surface area contributed by atoms with Crippen molar-refractivity contribution in [1.29, 1.82) is 0 Å². The molecule has 0 bridgehead atoms. The Hall–Kier alpha value is -3.92. The molecule has 0 fully saturated rings. The van der Waals surface area contributed by atoms with E-state index in [4.69, 9.17) is 26.2 Å². The first kappa shape index (κ1) is 21.8. The fourth-order valence-electron chi connectivity index (χ4n) is 2.79. The second-order valence-corrected chi connectivity index (χ2v) is 6.67. The minimum absolute atomic E-state index is 0.0940. The molecular formula is C21H20N4O5S. The molecule has 160 valence electrons. The third-order valence-electron chi connectivity index (χ3n) is 4.30. The second-order valence-electron chi connectivity index (χ2n) is 6.26. The number of aromatic nitrogens is 1. The fourth-order valence-corrected chi connectivity index (χ4v) is 2.94. The molecule has 31 heavy (non-hydrogen) atoms. The molecule has 0 saturated carbocycles. The van der Waals surface area contributed by atoms with Crippen LogP contribution in [0.25, 0.3) is 11.3 Å². The maximum atomic E-state index is 12.7. The van der Waals surface area contributed by atoms with Gasteiger partial charge in [0.15, 0.2) is 16.6 Å². The van der Waals surface area contributed by atoms with Gasteiger partial charge in [0.05, 0.1) is 14.2 Å². The van der Waals surface area contributed by atoms with Crippen LogP contribution in [0, 0.1) is 6.92 Å². The molecule has 0 aliphatic heterocycles. The van der Waals surface area contributed by atoms with E-state index in [9.17, 15) is 9.59 Å². The van der Waals surface area contributed by atoms with Crippen LogP contribution in [0.2, 0.25) is 0 Å². The Balaban J connectivity index is 1.64. The smallest absolute Gasteiger partial charge is 0.275 e. The molecule has 0 atom stereocenters. The van der Waals surface area contributed by atoms with Gasteiger partial charge in [-0.2, -0.15) is 0 Å². The first-order valence-electron chi connectivity index (χ1n) is 9.10. The average molecular weight is 440 g/mol. The summed E-state index contributed by atoms with van der Waals surface area (Å²) in [7, 11) is 2.97. The van der Waals surface area contributed by atoms with Crippen molar-refractivity contribution in [2.45, 2.75) is 6.92 Å². The van der Waals surface area contributed by atoms with Crippen LogP contribution in [-0.4, -0.2) is 36.3 Å². The van der Waals surface area contributed by atoms with Gasteiger partial charge in [0, 0.05) is 11.1 Å². The Morgan fingerprint density at radius 3 is 2.35 bits per heavy atom. The van der Waals surface area contributed by atoms with Crippen LogP contribution in [0.5, 0.6) is 11.5 Å². The predicted octanol–water partition coefficient (Wildman–Crippen LogP) is 2.62. The van der Waals surface area contributed by atoms with E-state index in [1.807, 2.05) is 30.3 Å². The van der Waals surface area contributed by atoms with Crippen LogP contribution >= 0.6 is 12.2 Å². The van der Waals surface area contributed by atoms with Crippen molar-refractivity contribution in [2.75, 3.05) is 14.2 Å². The SMILES string of the molecule is COc1ccc(C(=O)NC(=S)NNC(=O)c2c(-c3ccccc3)noc2C)cc1OC. The summed E-state index contributed by atoms with van der Waals surface area (Å²) >= 11 is 5.09. The third kappa shape index (κ3) is 4.98. The molecule has 2 aromatic carbocycles. The Kier molecular flexibility index (Phi) is 6.83. The lowest BCUT2D eigenvalue weighted by Gasteiger charge is -2.12. The number of thiocarbonyl (C=S) groups is 1. The molecule has 0 aliphatic carbocycles. The summed E-state index contributed by atoms with van der Waals surface area (Å²) in [5.74, 6) is 0.238. The van der Waals surface area contributed by atoms with E-state index in [-0.39, 0.29) is 10.7 Å². The number of carbonyl (C=O) groups excluding carboxylic acids is 2. The monoisotopic (exact) mass is 440 g/mol. The van der Waals surface area contributed by atoms with E-state index in [0.29, 0.717) is 28.5 Å². The van der Waals surface area contributed by atoms with E-state index in [2.05, 4.69) is 21.3 Å². The molecular weight excluding hydrogens is 420 g/mol. The maximum absolute atomic E-state index is 12.7. The summed E-state index contributed by atoms with van der Waals surface area (Å²) in [6.07, 6.45) is 0. The molecule has 0 spiro atoms. The largest absolute Gasteiger partial charge is 0.493 e. The molecule has 3 rings (SSSR count). The van der Waals surface area contributed by atoms with Crippen molar-refractivity contribution >= 4 is 29.1 Å². The summed E-state index contributed by atoms with van der Waals surface area (Å²) in [6, 6.07) is 13.8. The van der Waals surface area contributed by atoms with Crippen LogP contribution in [0.1, 0.15) is 26.5 Å². The number of amides is 2. The second kappa shape index (κ2) is 9.72. The van der Waals surface area contributed by atoms with Gasteiger partial charge >= 0.3 is 0 Å². The predicted molar refractivity (Wildman–Crippen MR) is 117 cm³/mol. The van der Waals surface area contributed by atoms with E-state index in [1.165, 1.54) is 20.3 Å². The lowest BCUT2D eigenvalue weighted by molar-refractivity contribution is 0.0933.